The van der Waals surface area contributed by atoms with Crippen LogP contribution in [0.25, 0.3) is 0 Å². The third kappa shape index (κ3) is 3.56. The SMILES string of the molecule is CNCC1CCC(C(C)C)CC1c1cncc(C)c1. The van der Waals surface area contributed by atoms with Gasteiger partial charge in [-0.25, -0.2) is 0 Å². The Balaban J connectivity index is 2.20. The van der Waals surface area contributed by atoms with E-state index in [1.807, 2.05) is 6.20 Å². The first kappa shape index (κ1) is 14.5. The molecule has 0 spiro atoms. The van der Waals surface area contributed by atoms with Crippen LogP contribution >= 0.6 is 0 Å². The van der Waals surface area contributed by atoms with E-state index in [1.165, 1.54) is 30.4 Å². The Kier molecular flexibility index (Phi) is 4.98. The largest absolute Gasteiger partial charge is 0.319 e. The summed E-state index contributed by atoms with van der Waals surface area (Å²) in [5.74, 6) is 3.12. The van der Waals surface area contributed by atoms with Gasteiger partial charge in [0.15, 0.2) is 0 Å². The van der Waals surface area contributed by atoms with Crippen LogP contribution in [0.1, 0.15) is 50.2 Å². The molecule has 1 saturated carbocycles. The van der Waals surface area contributed by atoms with Gasteiger partial charge in [-0.05, 0) is 74.6 Å². The maximum absolute atomic E-state index is 4.40. The van der Waals surface area contributed by atoms with Crippen molar-refractivity contribution in [2.24, 2.45) is 17.8 Å². The summed E-state index contributed by atoms with van der Waals surface area (Å²) in [5, 5.41) is 3.38. The van der Waals surface area contributed by atoms with Gasteiger partial charge in [0, 0.05) is 12.4 Å². The van der Waals surface area contributed by atoms with Gasteiger partial charge in [-0.2, -0.15) is 0 Å². The fourth-order valence-corrected chi connectivity index (χ4v) is 3.57. The molecule has 1 N–H and O–H groups in total. The van der Waals surface area contributed by atoms with Crippen molar-refractivity contribution in [2.45, 2.75) is 46.0 Å². The maximum Gasteiger partial charge on any atom is 0.0303 e. The third-order valence-corrected chi connectivity index (χ3v) is 4.77. The lowest BCUT2D eigenvalue weighted by Gasteiger charge is -2.38. The Morgan fingerprint density at radius 1 is 1.32 bits per heavy atom. The predicted octanol–water partition coefficient (Wildman–Crippen LogP) is 3.77. The summed E-state index contributed by atoms with van der Waals surface area (Å²) in [7, 11) is 2.07. The normalized spacial score (nSPS) is 27.7. The number of aromatic nitrogens is 1. The van der Waals surface area contributed by atoms with Crippen molar-refractivity contribution in [1.82, 2.24) is 10.3 Å². The monoisotopic (exact) mass is 260 g/mol. The van der Waals surface area contributed by atoms with Gasteiger partial charge in [0.25, 0.3) is 0 Å². The highest BCUT2D eigenvalue weighted by molar-refractivity contribution is 5.22. The van der Waals surface area contributed by atoms with Crippen LogP contribution < -0.4 is 5.32 Å². The molecular weight excluding hydrogens is 232 g/mol. The molecule has 106 valence electrons. The van der Waals surface area contributed by atoms with Crippen molar-refractivity contribution in [3.8, 4) is 0 Å². The fraction of sp³-hybridized carbons (Fsp3) is 0.706. The summed E-state index contributed by atoms with van der Waals surface area (Å²) in [6.45, 7) is 8.01. The summed E-state index contributed by atoms with van der Waals surface area (Å²) in [4.78, 5) is 4.40. The summed E-state index contributed by atoms with van der Waals surface area (Å²) in [6.07, 6.45) is 8.11. The minimum absolute atomic E-state index is 0.681. The molecule has 2 rings (SSSR count). The lowest BCUT2D eigenvalue weighted by Crippen LogP contribution is -2.32. The first-order valence-corrected chi connectivity index (χ1v) is 7.68. The number of rotatable bonds is 4. The number of aryl methyl sites for hydroxylation is 1. The van der Waals surface area contributed by atoms with Crippen molar-refractivity contribution < 1.29 is 0 Å². The van der Waals surface area contributed by atoms with Crippen LogP contribution in [0.2, 0.25) is 0 Å². The molecule has 0 aliphatic heterocycles. The van der Waals surface area contributed by atoms with Crippen LogP contribution in [0.15, 0.2) is 18.5 Å². The Morgan fingerprint density at radius 3 is 2.74 bits per heavy atom. The zero-order valence-corrected chi connectivity index (χ0v) is 12.8. The Morgan fingerprint density at radius 2 is 2.11 bits per heavy atom. The van der Waals surface area contributed by atoms with Gasteiger partial charge in [-0.15, -0.1) is 0 Å². The molecule has 19 heavy (non-hydrogen) atoms. The zero-order valence-electron chi connectivity index (χ0n) is 12.8. The predicted molar refractivity (Wildman–Crippen MR) is 81.3 cm³/mol. The lowest BCUT2D eigenvalue weighted by molar-refractivity contribution is 0.192. The highest BCUT2D eigenvalue weighted by Gasteiger charge is 2.32. The molecule has 0 amide bonds. The van der Waals surface area contributed by atoms with E-state index in [9.17, 15) is 0 Å². The second kappa shape index (κ2) is 6.51. The quantitative estimate of drug-likeness (QED) is 0.891. The molecule has 1 aliphatic carbocycles. The average molecular weight is 260 g/mol. The topological polar surface area (TPSA) is 24.9 Å². The maximum atomic E-state index is 4.40. The molecule has 3 unspecified atom stereocenters. The van der Waals surface area contributed by atoms with Crippen LogP contribution in [0, 0.1) is 24.7 Å². The minimum atomic E-state index is 0.681. The number of nitrogens with one attached hydrogen (secondary N) is 1. The smallest absolute Gasteiger partial charge is 0.0303 e. The van der Waals surface area contributed by atoms with Gasteiger partial charge in [0.2, 0.25) is 0 Å². The highest BCUT2D eigenvalue weighted by atomic mass is 14.8. The standard InChI is InChI=1S/C17H28N2/c1-12(2)14-5-6-15(10-18-4)17(8-14)16-7-13(3)9-19-11-16/h7,9,11-12,14-15,17-18H,5-6,8,10H2,1-4H3. The Hall–Kier alpha value is -0.890. The van der Waals surface area contributed by atoms with E-state index < -0.39 is 0 Å². The summed E-state index contributed by atoms with van der Waals surface area (Å²) in [5.41, 5.74) is 2.73. The molecule has 1 fully saturated rings. The van der Waals surface area contributed by atoms with Crippen molar-refractivity contribution in [3.05, 3.63) is 29.6 Å². The van der Waals surface area contributed by atoms with Crippen molar-refractivity contribution in [3.63, 3.8) is 0 Å². The fourth-order valence-electron chi connectivity index (χ4n) is 3.57. The third-order valence-electron chi connectivity index (χ3n) is 4.77. The average Bonchev–Trinajstić information content (AvgIpc) is 2.39. The number of pyridine rings is 1. The summed E-state index contributed by atoms with van der Waals surface area (Å²) < 4.78 is 0. The van der Waals surface area contributed by atoms with E-state index >= 15 is 0 Å². The summed E-state index contributed by atoms with van der Waals surface area (Å²) in [6, 6.07) is 2.34. The molecule has 1 heterocycles. The zero-order chi connectivity index (χ0) is 13.8. The Labute approximate surface area is 118 Å². The second-order valence-electron chi connectivity index (χ2n) is 6.54. The molecular formula is C17H28N2. The first-order valence-electron chi connectivity index (χ1n) is 7.68. The van der Waals surface area contributed by atoms with Gasteiger partial charge in [0.05, 0.1) is 0 Å². The van der Waals surface area contributed by atoms with Crippen LogP contribution in [0.5, 0.6) is 0 Å². The van der Waals surface area contributed by atoms with Gasteiger partial charge in [-0.1, -0.05) is 19.9 Å². The van der Waals surface area contributed by atoms with Gasteiger partial charge >= 0.3 is 0 Å². The first-order chi connectivity index (χ1) is 9.11. The van der Waals surface area contributed by atoms with E-state index in [0.717, 1.165) is 24.3 Å². The molecule has 0 saturated heterocycles. The van der Waals surface area contributed by atoms with Crippen molar-refractivity contribution in [2.75, 3.05) is 13.6 Å². The molecule has 2 nitrogen and oxygen atoms in total. The number of hydrogen-bond acceptors (Lipinski definition) is 2. The van der Waals surface area contributed by atoms with Crippen LogP contribution in [0.4, 0.5) is 0 Å². The molecule has 1 aromatic heterocycles. The van der Waals surface area contributed by atoms with E-state index in [2.05, 4.69) is 50.4 Å². The molecule has 1 aromatic rings. The number of nitrogens with zero attached hydrogens (tertiary/aromatic N) is 1. The van der Waals surface area contributed by atoms with Gasteiger partial charge < -0.3 is 5.32 Å². The van der Waals surface area contributed by atoms with Gasteiger partial charge in [-0.3, -0.25) is 4.98 Å². The highest BCUT2D eigenvalue weighted by Crippen LogP contribution is 2.42. The molecule has 2 heteroatoms. The molecule has 0 bridgehead atoms. The van der Waals surface area contributed by atoms with Crippen LogP contribution in [-0.2, 0) is 0 Å². The molecule has 0 aromatic carbocycles. The lowest BCUT2D eigenvalue weighted by atomic mass is 9.68. The number of hydrogen-bond donors (Lipinski definition) is 1. The van der Waals surface area contributed by atoms with Crippen LogP contribution in [-0.4, -0.2) is 18.6 Å². The van der Waals surface area contributed by atoms with E-state index in [0.29, 0.717) is 5.92 Å². The van der Waals surface area contributed by atoms with Crippen molar-refractivity contribution in [1.29, 1.82) is 0 Å². The molecule has 0 radical (unpaired) electrons. The summed E-state index contributed by atoms with van der Waals surface area (Å²) >= 11 is 0. The second-order valence-corrected chi connectivity index (χ2v) is 6.54. The Bertz CT molecular complexity index is 400. The minimum Gasteiger partial charge on any atom is -0.319 e. The van der Waals surface area contributed by atoms with E-state index in [4.69, 9.17) is 0 Å². The molecule has 1 aliphatic rings. The van der Waals surface area contributed by atoms with Crippen LogP contribution in [0.3, 0.4) is 0 Å². The van der Waals surface area contributed by atoms with Crippen molar-refractivity contribution >= 4 is 0 Å². The molecule has 3 atom stereocenters. The van der Waals surface area contributed by atoms with Gasteiger partial charge in [0.1, 0.15) is 0 Å². The van der Waals surface area contributed by atoms with E-state index in [1.54, 1.807) is 0 Å². The van der Waals surface area contributed by atoms with E-state index in [-0.39, 0.29) is 0 Å².